The number of rotatable bonds is 6. The molecule has 0 aromatic rings. The molecule has 0 radical (unpaired) electrons. The summed E-state index contributed by atoms with van der Waals surface area (Å²) in [6.07, 6.45) is 3.43. The minimum absolute atomic E-state index is 0.0962. The molecule has 0 N–H and O–H groups in total. The summed E-state index contributed by atoms with van der Waals surface area (Å²) < 4.78 is 0. The van der Waals surface area contributed by atoms with Crippen molar-refractivity contribution in [1.82, 2.24) is 14.7 Å². The Morgan fingerprint density at radius 1 is 1.00 bits per heavy atom. The maximum atomic E-state index is 12.1. The standard InChI is InChI=1S/C14H27N3O2/c1-4-16(5-2)13(18)11-15(3)12-14(19)17-9-7-6-8-10-17/h4-12H2,1-3H3. The average molecular weight is 269 g/mol. The van der Waals surface area contributed by atoms with E-state index in [1.165, 1.54) is 6.42 Å². The van der Waals surface area contributed by atoms with E-state index >= 15 is 0 Å². The first-order valence-electron chi connectivity index (χ1n) is 7.32. The molecule has 1 saturated heterocycles. The highest BCUT2D eigenvalue weighted by molar-refractivity contribution is 5.81. The molecule has 19 heavy (non-hydrogen) atoms. The van der Waals surface area contributed by atoms with Crippen LogP contribution in [0.1, 0.15) is 33.1 Å². The van der Waals surface area contributed by atoms with Crippen LogP contribution in [0.25, 0.3) is 0 Å². The van der Waals surface area contributed by atoms with Gasteiger partial charge >= 0.3 is 0 Å². The minimum atomic E-state index is 0.0962. The normalized spacial score (nSPS) is 15.7. The fourth-order valence-electron chi connectivity index (χ4n) is 2.44. The smallest absolute Gasteiger partial charge is 0.236 e. The molecule has 0 bridgehead atoms. The van der Waals surface area contributed by atoms with Crippen molar-refractivity contribution in [1.29, 1.82) is 0 Å². The Balaban J connectivity index is 2.35. The third-order valence-corrected chi connectivity index (χ3v) is 3.64. The number of carbonyl (C=O) groups excluding carboxylic acids is 2. The predicted molar refractivity (Wildman–Crippen MR) is 75.9 cm³/mol. The highest BCUT2D eigenvalue weighted by Gasteiger charge is 2.19. The van der Waals surface area contributed by atoms with Gasteiger partial charge in [-0.05, 0) is 40.2 Å². The molecule has 0 aromatic carbocycles. The molecule has 1 heterocycles. The van der Waals surface area contributed by atoms with Gasteiger partial charge in [-0.25, -0.2) is 0 Å². The van der Waals surface area contributed by atoms with Crippen LogP contribution in [-0.2, 0) is 9.59 Å². The van der Waals surface area contributed by atoms with E-state index in [0.29, 0.717) is 13.1 Å². The van der Waals surface area contributed by atoms with Crippen molar-refractivity contribution in [3.8, 4) is 0 Å². The summed E-state index contributed by atoms with van der Waals surface area (Å²) in [5.74, 6) is 0.244. The van der Waals surface area contributed by atoms with E-state index in [-0.39, 0.29) is 11.8 Å². The number of amides is 2. The highest BCUT2D eigenvalue weighted by Crippen LogP contribution is 2.08. The van der Waals surface area contributed by atoms with Gasteiger partial charge in [0.05, 0.1) is 13.1 Å². The SMILES string of the molecule is CCN(CC)C(=O)CN(C)CC(=O)N1CCCCC1. The second-order valence-corrected chi connectivity index (χ2v) is 5.18. The van der Waals surface area contributed by atoms with Crippen LogP contribution in [0, 0.1) is 0 Å². The van der Waals surface area contributed by atoms with E-state index in [9.17, 15) is 9.59 Å². The molecule has 0 aromatic heterocycles. The molecular weight excluding hydrogens is 242 g/mol. The zero-order valence-electron chi connectivity index (χ0n) is 12.5. The van der Waals surface area contributed by atoms with Gasteiger partial charge in [-0.15, -0.1) is 0 Å². The number of carbonyl (C=O) groups is 2. The number of likely N-dealkylation sites (N-methyl/N-ethyl adjacent to an activating group) is 2. The average Bonchev–Trinajstić information content (AvgIpc) is 2.40. The summed E-state index contributed by atoms with van der Waals surface area (Å²) in [4.78, 5) is 29.5. The summed E-state index contributed by atoms with van der Waals surface area (Å²) in [6.45, 7) is 7.80. The molecule has 1 aliphatic heterocycles. The summed E-state index contributed by atoms with van der Waals surface area (Å²) in [7, 11) is 1.84. The lowest BCUT2D eigenvalue weighted by atomic mass is 10.1. The minimum Gasteiger partial charge on any atom is -0.342 e. The maximum Gasteiger partial charge on any atom is 0.236 e. The first-order chi connectivity index (χ1) is 9.08. The molecule has 1 rings (SSSR count). The van der Waals surface area contributed by atoms with E-state index in [2.05, 4.69) is 0 Å². The van der Waals surface area contributed by atoms with E-state index in [4.69, 9.17) is 0 Å². The third kappa shape index (κ3) is 5.19. The van der Waals surface area contributed by atoms with Gasteiger partial charge in [-0.2, -0.15) is 0 Å². The Morgan fingerprint density at radius 3 is 2.11 bits per heavy atom. The molecule has 0 unspecified atom stereocenters. The fourth-order valence-corrected chi connectivity index (χ4v) is 2.44. The van der Waals surface area contributed by atoms with Gasteiger partial charge < -0.3 is 9.80 Å². The molecule has 0 spiro atoms. The van der Waals surface area contributed by atoms with Gasteiger partial charge in [0.1, 0.15) is 0 Å². The zero-order valence-corrected chi connectivity index (χ0v) is 12.5. The number of piperidine rings is 1. The van der Waals surface area contributed by atoms with Crippen LogP contribution in [0.4, 0.5) is 0 Å². The van der Waals surface area contributed by atoms with Crippen LogP contribution in [0.5, 0.6) is 0 Å². The van der Waals surface area contributed by atoms with Crippen LogP contribution in [0.2, 0.25) is 0 Å². The Labute approximate surface area is 116 Å². The maximum absolute atomic E-state index is 12.1. The topological polar surface area (TPSA) is 43.9 Å². The van der Waals surface area contributed by atoms with Crippen LogP contribution < -0.4 is 0 Å². The Hall–Kier alpha value is -1.10. The quantitative estimate of drug-likeness (QED) is 0.716. The van der Waals surface area contributed by atoms with E-state index < -0.39 is 0 Å². The second-order valence-electron chi connectivity index (χ2n) is 5.18. The van der Waals surface area contributed by atoms with Crippen molar-refractivity contribution in [3.63, 3.8) is 0 Å². The van der Waals surface area contributed by atoms with Gasteiger partial charge in [0.15, 0.2) is 0 Å². The van der Waals surface area contributed by atoms with Crippen LogP contribution >= 0.6 is 0 Å². The first-order valence-corrected chi connectivity index (χ1v) is 7.32. The molecule has 2 amide bonds. The number of hydrogen-bond acceptors (Lipinski definition) is 3. The lowest BCUT2D eigenvalue weighted by molar-refractivity contribution is -0.135. The highest BCUT2D eigenvalue weighted by atomic mass is 16.2. The molecule has 0 saturated carbocycles. The zero-order chi connectivity index (χ0) is 14.3. The first kappa shape index (κ1) is 16.0. The van der Waals surface area contributed by atoms with E-state index in [1.54, 1.807) is 4.90 Å². The van der Waals surface area contributed by atoms with Gasteiger partial charge in [-0.3, -0.25) is 14.5 Å². The third-order valence-electron chi connectivity index (χ3n) is 3.64. The van der Waals surface area contributed by atoms with Gasteiger partial charge in [0.2, 0.25) is 11.8 Å². The molecule has 1 fully saturated rings. The van der Waals surface area contributed by atoms with Crippen molar-refractivity contribution < 1.29 is 9.59 Å². The Bertz CT molecular complexity index is 297. The van der Waals surface area contributed by atoms with Crippen molar-refractivity contribution in [3.05, 3.63) is 0 Å². The van der Waals surface area contributed by atoms with E-state index in [1.807, 2.05) is 30.7 Å². The van der Waals surface area contributed by atoms with Crippen LogP contribution in [0.3, 0.4) is 0 Å². The van der Waals surface area contributed by atoms with Gasteiger partial charge in [0.25, 0.3) is 0 Å². The predicted octanol–water partition coefficient (Wildman–Crippen LogP) is 0.799. The van der Waals surface area contributed by atoms with E-state index in [0.717, 1.165) is 39.0 Å². The van der Waals surface area contributed by atoms with Gasteiger partial charge in [-0.1, -0.05) is 0 Å². The molecular formula is C14H27N3O2. The molecule has 0 aliphatic carbocycles. The lowest BCUT2D eigenvalue weighted by Crippen LogP contribution is -2.45. The largest absolute Gasteiger partial charge is 0.342 e. The Morgan fingerprint density at radius 2 is 1.58 bits per heavy atom. The van der Waals surface area contributed by atoms with Crippen molar-refractivity contribution in [2.75, 3.05) is 46.3 Å². The molecule has 0 atom stereocenters. The van der Waals surface area contributed by atoms with Crippen LogP contribution in [-0.4, -0.2) is 72.8 Å². The molecule has 5 heteroatoms. The lowest BCUT2D eigenvalue weighted by Gasteiger charge is -2.29. The van der Waals surface area contributed by atoms with Crippen LogP contribution in [0.15, 0.2) is 0 Å². The number of hydrogen-bond donors (Lipinski definition) is 0. The molecule has 110 valence electrons. The second kappa shape index (κ2) is 8.15. The van der Waals surface area contributed by atoms with Crippen molar-refractivity contribution in [2.24, 2.45) is 0 Å². The summed E-state index contributed by atoms with van der Waals surface area (Å²) in [5, 5.41) is 0. The summed E-state index contributed by atoms with van der Waals surface area (Å²) >= 11 is 0. The number of likely N-dealkylation sites (tertiary alicyclic amines) is 1. The summed E-state index contributed by atoms with van der Waals surface area (Å²) in [5.41, 5.74) is 0. The molecule has 1 aliphatic rings. The van der Waals surface area contributed by atoms with Crippen molar-refractivity contribution >= 4 is 11.8 Å². The van der Waals surface area contributed by atoms with Crippen molar-refractivity contribution in [2.45, 2.75) is 33.1 Å². The Kier molecular flexibility index (Phi) is 6.84. The number of nitrogens with zero attached hydrogens (tertiary/aromatic N) is 3. The fraction of sp³-hybridized carbons (Fsp3) is 0.857. The monoisotopic (exact) mass is 269 g/mol. The van der Waals surface area contributed by atoms with Gasteiger partial charge in [0, 0.05) is 26.2 Å². The summed E-state index contributed by atoms with van der Waals surface area (Å²) in [6, 6.07) is 0. The molecule has 5 nitrogen and oxygen atoms in total.